The molecule has 0 aromatic heterocycles. The van der Waals surface area contributed by atoms with Gasteiger partial charge in [-0.1, -0.05) is 51.2 Å². The largest absolute Gasteiger partial charge is 0.504 e. The fourth-order valence-corrected chi connectivity index (χ4v) is 7.50. The minimum Gasteiger partial charge on any atom is -0.504 e. The highest BCUT2D eigenvalue weighted by molar-refractivity contribution is 6.04. The molecule has 2 aliphatic heterocycles. The lowest BCUT2D eigenvalue weighted by Crippen LogP contribution is -2.36. The molecule has 5 rings (SSSR count). The zero-order chi connectivity index (χ0) is 31.1. The fraction of sp³-hybridized carbons (Fsp3) is 0.639. The third-order valence-corrected chi connectivity index (χ3v) is 9.94. The smallest absolute Gasteiger partial charge is 0.189 e. The standard InChI is InChI=1S/C36H53N3O5/c1-4-5-9-35-26(21-40)17-27(44-35)13-10-24-11-15-34(42)36(16-24)43-22-33(37-3)32-18-29-30(20-38-19-23(2)41)28-8-6-7-25(28)12-14-31(29)39-32/h11,15-18,23,25,28,30,33,35,37-38,40-42H,4-10,12-14,19-22H2,1-3H3. The maximum absolute atomic E-state index is 10.6. The van der Waals surface area contributed by atoms with Gasteiger partial charge in [-0.2, -0.15) is 11.6 Å². The molecule has 8 nitrogen and oxygen atoms in total. The number of hydrogen-bond donors (Lipinski definition) is 5. The molecule has 0 saturated heterocycles. The van der Waals surface area contributed by atoms with Crippen LogP contribution in [0.15, 0.2) is 46.5 Å². The molecular weight excluding hydrogens is 554 g/mol. The van der Waals surface area contributed by atoms with Crippen LogP contribution in [0.2, 0.25) is 0 Å². The predicted molar refractivity (Wildman–Crippen MR) is 174 cm³/mol. The van der Waals surface area contributed by atoms with Gasteiger partial charge >= 0.3 is 0 Å². The molecule has 0 spiro atoms. The average Bonchev–Trinajstić information content (AvgIpc) is 3.74. The number of nitrogens with one attached hydrogen (secondary N) is 2. The second kappa shape index (κ2) is 15.7. The van der Waals surface area contributed by atoms with Crippen LogP contribution in [0, 0.1) is 29.9 Å². The van der Waals surface area contributed by atoms with Crippen LogP contribution >= 0.6 is 0 Å². The number of nitrogens with zero attached hydrogens (tertiary/aromatic N) is 1. The molecule has 4 aliphatic rings. The molecule has 2 saturated carbocycles. The minimum absolute atomic E-state index is 0.0117. The van der Waals surface area contributed by atoms with Crippen LogP contribution in [-0.4, -0.2) is 72.6 Å². The molecule has 1 aromatic rings. The van der Waals surface area contributed by atoms with E-state index in [1.165, 1.54) is 37.0 Å². The summed E-state index contributed by atoms with van der Waals surface area (Å²) >= 11 is 0. The first-order chi connectivity index (χ1) is 21.4. The molecule has 1 aromatic carbocycles. The van der Waals surface area contributed by atoms with E-state index in [-0.39, 0.29) is 30.6 Å². The molecule has 0 radical (unpaired) electrons. The van der Waals surface area contributed by atoms with Crippen molar-refractivity contribution in [3.05, 3.63) is 59.2 Å². The fourth-order valence-electron chi connectivity index (χ4n) is 7.50. The van der Waals surface area contributed by atoms with Crippen LogP contribution in [0.1, 0.15) is 77.2 Å². The molecular formula is C36H53N3O5. The highest BCUT2D eigenvalue weighted by Crippen LogP contribution is 2.47. The average molecular weight is 608 g/mol. The Morgan fingerprint density at radius 1 is 1.25 bits per heavy atom. The highest BCUT2D eigenvalue weighted by Gasteiger charge is 2.47. The van der Waals surface area contributed by atoms with Crippen LogP contribution in [0.4, 0.5) is 0 Å². The molecule has 2 fully saturated rings. The number of aromatic hydroxyl groups is 1. The second-order valence-corrected chi connectivity index (χ2v) is 13.1. The summed E-state index contributed by atoms with van der Waals surface area (Å²) in [7, 11) is 1.93. The zero-order valence-electron chi connectivity index (χ0n) is 26.9. The molecule has 0 amide bonds. The number of ether oxygens (including phenoxy) is 2. The number of aliphatic hydroxyl groups excluding tert-OH is 2. The molecule has 2 aliphatic carbocycles. The van der Waals surface area contributed by atoms with Gasteiger partial charge in [0, 0.05) is 32.2 Å². The van der Waals surface area contributed by atoms with Gasteiger partial charge in [0.05, 0.1) is 18.1 Å². The number of aryl methyl sites for hydroxylation is 1. The van der Waals surface area contributed by atoms with Gasteiger partial charge < -0.3 is 30.1 Å². The van der Waals surface area contributed by atoms with Crippen LogP contribution in [0.5, 0.6) is 11.5 Å². The van der Waals surface area contributed by atoms with Crippen LogP contribution < -0.4 is 15.4 Å². The Labute approximate surface area is 264 Å². The molecule has 2 heterocycles. The number of likely N-dealkylation sites (N-methyl/N-ethyl adjacent to an activating group) is 1. The van der Waals surface area contributed by atoms with E-state index in [2.05, 4.69) is 23.6 Å². The van der Waals surface area contributed by atoms with Gasteiger partial charge in [0.15, 0.2) is 23.3 Å². The summed E-state index contributed by atoms with van der Waals surface area (Å²) in [6, 6.07) is 6.42. The van der Waals surface area contributed by atoms with E-state index >= 15 is 0 Å². The number of hydrogen-bond acceptors (Lipinski definition) is 8. The van der Waals surface area contributed by atoms with E-state index in [9.17, 15) is 15.3 Å². The third kappa shape index (κ3) is 8.01. The summed E-state index contributed by atoms with van der Waals surface area (Å²) in [5.74, 6) is 2.43. The minimum atomic E-state index is -0.359. The molecule has 6 unspecified atom stereocenters. The Morgan fingerprint density at radius 3 is 2.89 bits per heavy atom. The van der Waals surface area contributed by atoms with Crippen molar-refractivity contribution in [3.8, 4) is 11.5 Å². The normalized spacial score (nSPS) is 26.1. The summed E-state index contributed by atoms with van der Waals surface area (Å²) in [5.41, 5.74) is 4.60. The van der Waals surface area contributed by atoms with Crippen molar-refractivity contribution < 1.29 is 24.8 Å². The van der Waals surface area contributed by atoms with Gasteiger partial charge in [0.1, 0.15) is 18.2 Å². The summed E-state index contributed by atoms with van der Waals surface area (Å²) in [6.45, 7) is 5.84. The van der Waals surface area contributed by atoms with Crippen LogP contribution in [0.25, 0.3) is 0 Å². The van der Waals surface area contributed by atoms with Crippen LogP contribution in [-0.2, 0) is 11.2 Å². The summed E-state index contributed by atoms with van der Waals surface area (Å²) in [5, 5.41) is 37.1. The van der Waals surface area contributed by atoms with Crippen molar-refractivity contribution in [2.45, 2.75) is 96.3 Å². The number of aliphatic imine (C=N–C) groups is 1. The van der Waals surface area contributed by atoms with E-state index < -0.39 is 0 Å². The van der Waals surface area contributed by atoms with Gasteiger partial charge in [-0.05, 0) is 69.2 Å². The quantitative estimate of drug-likeness (QED) is 0.167. The zero-order valence-corrected chi connectivity index (χ0v) is 26.9. The Kier molecular flexibility index (Phi) is 11.7. The molecule has 44 heavy (non-hydrogen) atoms. The second-order valence-electron chi connectivity index (χ2n) is 13.1. The number of phenolic OH excluding ortho intramolecular Hbond substituents is 1. The van der Waals surface area contributed by atoms with E-state index in [0.29, 0.717) is 30.7 Å². The summed E-state index contributed by atoms with van der Waals surface area (Å²) < 4.78 is 12.4. The Bertz CT molecular complexity index is 1180. The molecule has 0 bridgehead atoms. The van der Waals surface area contributed by atoms with Crippen molar-refractivity contribution >= 4 is 5.71 Å². The monoisotopic (exact) mass is 607 g/mol. The van der Waals surface area contributed by atoms with Crippen molar-refractivity contribution in [3.63, 3.8) is 0 Å². The van der Waals surface area contributed by atoms with E-state index in [4.69, 9.17) is 14.5 Å². The third-order valence-electron chi connectivity index (χ3n) is 9.94. The van der Waals surface area contributed by atoms with Gasteiger partial charge in [0.25, 0.3) is 0 Å². The van der Waals surface area contributed by atoms with Crippen LogP contribution in [0.3, 0.4) is 0 Å². The SMILES string of the molecule is CCCCC1O[C-](CCc2ccc(O)c(OCC(NC)[C+]3C=C4C(=N3)CCC3CCCC3C4CNCC(C)O)c2)C=C1CO. The number of phenols is 1. The van der Waals surface area contributed by atoms with Gasteiger partial charge in [-0.3, -0.25) is 5.32 Å². The van der Waals surface area contributed by atoms with Gasteiger partial charge in [0.2, 0.25) is 0 Å². The highest BCUT2D eigenvalue weighted by atomic mass is 16.5. The first-order valence-corrected chi connectivity index (χ1v) is 16.9. The molecule has 5 N–H and O–H groups in total. The number of rotatable bonds is 16. The van der Waals surface area contributed by atoms with E-state index in [1.807, 2.05) is 32.2 Å². The first-order valence-electron chi connectivity index (χ1n) is 16.9. The lowest BCUT2D eigenvalue weighted by Gasteiger charge is -2.24. The van der Waals surface area contributed by atoms with E-state index in [0.717, 1.165) is 74.3 Å². The number of unbranched alkanes of at least 4 members (excludes halogenated alkanes) is 1. The van der Waals surface area contributed by atoms with Gasteiger partial charge in [-0.15, -0.1) is 4.99 Å². The Balaban J connectivity index is 1.20. The van der Waals surface area contributed by atoms with Crippen molar-refractivity contribution in [1.29, 1.82) is 0 Å². The summed E-state index contributed by atoms with van der Waals surface area (Å²) in [4.78, 5) is 5.14. The van der Waals surface area contributed by atoms with Crippen molar-refractivity contribution in [2.24, 2.45) is 22.7 Å². The first kappa shape index (κ1) is 32.9. The van der Waals surface area contributed by atoms with Crippen molar-refractivity contribution in [2.75, 3.05) is 33.4 Å². The molecule has 242 valence electrons. The number of benzene rings is 1. The maximum Gasteiger partial charge on any atom is 0.189 e. The molecule has 8 heteroatoms. The van der Waals surface area contributed by atoms with E-state index in [1.54, 1.807) is 6.07 Å². The molecule has 6 atom stereocenters. The number of fused-ring (bicyclic) bond motifs is 2. The Hall–Kier alpha value is -2.49. The van der Waals surface area contributed by atoms with Crippen molar-refractivity contribution in [1.82, 2.24) is 10.6 Å². The predicted octanol–water partition coefficient (Wildman–Crippen LogP) is 5.04. The maximum atomic E-state index is 10.6. The number of aliphatic hydroxyl groups is 2. The lowest BCUT2D eigenvalue weighted by molar-refractivity contribution is 0.103. The topological polar surface area (TPSA) is 116 Å². The Morgan fingerprint density at radius 2 is 2.11 bits per heavy atom. The van der Waals surface area contributed by atoms with Gasteiger partial charge in [-0.25, -0.2) is 0 Å². The lowest BCUT2D eigenvalue weighted by atomic mass is 9.80. The summed E-state index contributed by atoms with van der Waals surface area (Å²) in [6.07, 6.45) is 15.5.